The fraction of sp³-hybridized carbons (Fsp3) is 0.304. The van der Waals surface area contributed by atoms with E-state index >= 15 is 0 Å². The Labute approximate surface area is 165 Å². The van der Waals surface area contributed by atoms with E-state index in [-0.39, 0.29) is 5.91 Å². The van der Waals surface area contributed by atoms with E-state index in [0.717, 1.165) is 54.0 Å². The molecule has 4 heteroatoms. The number of likely N-dealkylation sites (tertiary alicyclic amines) is 1. The molecule has 2 aromatic carbocycles. The molecule has 0 radical (unpaired) electrons. The molecule has 0 saturated carbocycles. The molecule has 138 valence electrons. The molecule has 1 fully saturated rings. The van der Waals surface area contributed by atoms with Crippen LogP contribution in [0.25, 0.3) is 10.8 Å². The van der Waals surface area contributed by atoms with Crippen LogP contribution in [0.4, 0.5) is 0 Å². The third-order valence-electron chi connectivity index (χ3n) is 5.39. The number of halogens is 1. The first kappa shape index (κ1) is 18.0. The summed E-state index contributed by atoms with van der Waals surface area (Å²) in [4.78, 5) is 19.4. The lowest BCUT2D eigenvalue weighted by molar-refractivity contribution is -0.132. The number of rotatable bonds is 4. The number of hydrogen-bond acceptors (Lipinski definition) is 2. The number of fused-ring (bicyclic) bond motifs is 1. The first-order chi connectivity index (χ1) is 13.2. The highest BCUT2D eigenvalue weighted by molar-refractivity contribution is 6.30. The fourth-order valence-corrected chi connectivity index (χ4v) is 3.96. The highest BCUT2D eigenvalue weighted by Gasteiger charge is 2.25. The molecule has 27 heavy (non-hydrogen) atoms. The molecule has 1 saturated heterocycles. The van der Waals surface area contributed by atoms with Gasteiger partial charge in [0, 0.05) is 47.7 Å². The van der Waals surface area contributed by atoms with Crippen LogP contribution in [0.2, 0.25) is 5.02 Å². The van der Waals surface area contributed by atoms with Crippen molar-refractivity contribution in [1.29, 1.82) is 0 Å². The molecule has 1 aliphatic rings. The lowest BCUT2D eigenvalue weighted by Crippen LogP contribution is -2.39. The molecule has 0 bridgehead atoms. The van der Waals surface area contributed by atoms with Crippen molar-refractivity contribution >= 4 is 28.3 Å². The minimum atomic E-state index is 0.232. The van der Waals surface area contributed by atoms with Gasteiger partial charge in [-0.1, -0.05) is 48.0 Å². The van der Waals surface area contributed by atoms with Crippen molar-refractivity contribution in [2.75, 3.05) is 13.1 Å². The predicted molar refractivity (Wildman–Crippen MR) is 110 cm³/mol. The van der Waals surface area contributed by atoms with Crippen molar-refractivity contribution < 1.29 is 4.79 Å². The molecule has 0 spiro atoms. The van der Waals surface area contributed by atoms with Crippen LogP contribution in [-0.4, -0.2) is 28.9 Å². The third kappa shape index (κ3) is 4.30. The zero-order valence-corrected chi connectivity index (χ0v) is 16.0. The summed E-state index contributed by atoms with van der Waals surface area (Å²) >= 11 is 5.93. The van der Waals surface area contributed by atoms with Gasteiger partial charge in [0.15, 0.2) is 0 Å². The Hall–Kier alpha value is -2.39. The summed E-state index contributed by atoms with van der Waals surface area (Å²) in [7, 11) is 0. The SMILES string of the molecule is O=C(CCc1ccc(Cl)cc1)N1CCCC(c2cc3ccccc3cn2)C1. The van der Waals surface area contributed by atoms with Crippen LogP contribution in [0.1, 0.15) is 36.4 Å². The van der Waals surface area contributed by atoms with Gasteiger partial charge in [0.2, 0.25) is 5.91 Å². The monoisotopic (exact) mass is 378 g/mol. The molecule has 1 unspecified atom stereocenters. The molecule has 1 aliphatic heterocycles. The van der Waals surface area contributed by atoms with Crippen molar-refractivity contribution in [2.45, 2.75) is 31.6 Å². The number of hydrogen-bond donors (Lipinski definition) is 0. The average molecular weight is 379 g/mol. The summed E-state index contributed by atoms with van der Waals surface area (Å²) in [5, 5.41) is 3.11. The molecule has 1 amide bonds. The van der Waals surface area contributed by atoms with E-state index in [1.165, 1.54) is 5.39 Å². The van der Waals surface area contributed by atoms with Gasteiger partial charge in [-0.2, -0.15) is 0 Å². The number of piperidine rings is 1. The van der Waals surface area contributed by atoms with Crippen molar-refractivity contribution in [2.24, 2.45) is 0 Å². The maximum absolute atomic E-state index is 12.7. The van der Waals surface area contributed by atoms with Crippen LogP contribution in [0, 0.1) is 0 Å². The Bertz CT molecular complexity index is 939. The van der Waals surface area contributed by atoms with Crippen molar-refractivity contribution in [3.8, 4) is 0 Å². The number of aryl methyl sites for hydroxylation is 1. The van der Waals surface area contributed by atoms with Crippen molar-refractivity contribution in [1.82, 2.24) is 9.88 Å². The lowest BCUT2D eigenvalue weighted by Gasteiger charge is -2.32. The Morgan fingerprint density at radius 3 is 2.70 bits per heavy atom. The summed E-state index contributed by atoms with van der Waals surface area (Å²) < 4.78 is 0. The number of nitrogens with zero attached hydrogens (tertiary/aromatic N) is 2. The van der Waals surface area contributed by atoms with Crippen LogP contribution >= 0.6 is 11.6 Å². The number of amides is 1. The van der Waals surface area contributed by atoms with Crippen LogP contribution < -0.4 is 0 Å². The molecule has 3 aromatic rings. The second kappa shape index (κ2) is 8.10. The van der Waals surface area contributed by atoms with Gasteiger partial charge in [0.05, 0.1) is 0 Å². The molecule has 0 N–H and O–H groups in total. The highest BCUT2D eigenvalue weighted by Crippen LogP contribution is 2.28. The van der Waals surface area contributed by atoms with E-state index in [1.54, 1.807) is 0 Å². The summed E-state index contributed by atoms with van der Waals surface area (Å²) in [6, 6.07) is 18.2. The van der Waals surface area contributed by atoms with Crippen LogP contribution in [0.5, 0.6) is 0 Å². The van der Waals surface area contributed by atoms with E-state index in [4.69, 9.17) is 11.6 Å². The maximum Gasteiger partial charge on any atom is 0.222 e. The van der Waals surface area contributed by atoms with Gasteiger partial charge in [-0.05, 0) is 48.4 Å². The second-order valence-electron chi connectivity index (χ2n) is 7.26. The summed E-state index contributed by atoms with van der Waals surface area (Å²) in [6.07, 6.45) is 5.37. The number of carbonyl (C=O) groups is 1. The van der Waals surface area contributed by atoms with Gasteiger partial charge in [0.1, 0.15) is 0 Å². The normalized spacial score (nSPS) is 17.2. The topological polar surface area (TPSA) is 33.2 Å². The van der Waals surface area contributed by atoms with Crippen molar-refractivity contribution in [3.63, 3.8) is 0 Å². The van der Waals surface area contributed by atoms with E-state index in [0.29, 0.717) is 12.3 Å². The lowest BCUT2D eigenvalue weighted by atomic mass is 9.93. The first-order valence-corrected chi connectivity index (χ1v) is 9.94. The Kier molecular flexibility index (Phi) is 5.40. The quantitative estimate of drug-likeness (QED) is 0.623. The smallest absolute Gasteiger partial charge is 0.222 e. The Morgan fingerprint density at radius 2 is 1.89 bits per heavy atom. The maximum atomic E-state index is 12.7. The number of aromatic nitrogens is 1. The van der Waals surface area contributed by atoms with E-state index < -0.39 is 0 Å². The van der Waals surface area contributed by atoms with Gasteiger partial charge >= 0.3 is 0 Å². The fourth-order valence-electron chi connectivity index (χ4n) is 3.83. The van der Waals surface area contributed by atoms with E-state index in [9.17, 15) is 4.79 Å². The van der Waals surface area contributed by atoms with Crippen LogP contribution in [0.3, 0.4) is 0 Å². The molecule has 4 rings (SSSR count). The van der Waals surface area contributed by atoms with Gasteiger partial charge in [-0.15, -0.1) is 0 Å². The molecule has 2 heterocycles. The summed E-state index contributed by atoms with van der Waals surface area (Å²) in [6.45, 7) is 1.62. The van der Waals surface area contributed by atoms with Crippen LogP contribution in [-0.2, 0) is 11.2 Å². The zero-order chi connectivity index (χ0) is 18.6. The van der Waals surface area contributed by atoms with Crippen molar-refractivity contribution in [3.05, 3.63) is 77.1 Å². The summed E-state index contributed by atoms with van der Waals surface area (Å²) in [5.41, 5.74) is 2.25. The highest BCUT2D eigenvalue weighted by atomic mass is 35.5. The molecule has 1 aromatic heterocycles. The number of benzene rings is 2. The van der Waals surface area contributed by atoms with E-state index in [2.05, 4.69) is 29.2 Å². The molecule has 0 aliphatic carbocycles. The number of carbonyl (C=O) groups excluding carboxylic acids is 1. The summed E-state index contributed by atoms with van der Waals surface area (Å²) in [5.74, 6) is 0.554. The predicted octanol–water partition coefficient (Wildman–Crippen LogP) is 5.23. The van der Waals surface area contributed by atoms with Gasteiger partial charge in [-0.25, -0.2) is 0 Å². The van der Waals surface area contributed by atoms with Gasteiger partial charge in [0.25, 0.3) is 0 Å². The minimum Gasteiger partial charge on any atom is -0.342 e. The standard InChI is InChI=1S/C23H23ClN2O/c24-21-10-7-17(8-11-21)9-12-23(27)26-13-3-6-20(16-26)22-14-18-4-1-2-5-19(18)15-25-22/h1-2,4-5,7-8,10-11,14-15,20H,3,6,9,12-13,16H2. The molecule has 3 nitrogen and oxygen atoms in total. The molecular formula is C23H23ClN2O. The first-order valence-electron chi connectivity index (χ1n) is 9.56. The Morgan fingerprint density at radius 1 is 1.11 bits per heavy atom. The third-order valence-corrected chi connectivity index (χ3v) is 5.64. The zero-order valence-electron chi connectivity index (χ0n) is 15.3. The second-order valence-corrected chi connectivity index (χ2v) is 7.70. The minimum absolute atomic E-state index is 0.232. The van der Waals surface area contributed by atoms with E-state index in [1.807, 2.05) is 41.4 Å². The molecule has 1 atom stereocenters. The van der Waals surface area contributed by atoms with Crippen LogP contribution in [0.15, 0.2) is 60.8 Å². The van der Waals surface area contributed by atoms with Gasteiger partial charge < -0.3 is 4.90 Å². The average Bonchev–Trinajstić information content (AvgIpc) is 2.73. The number of pyridine rings is 1. The van der Waals surface area contributed by atoms with Gasteiger partial charge in [-0.3, -0.25) is 9.78 Å². The molecular weight excluding hydrogens is 356 g/mol. The Balaban J connectivity index is 1.40. The largest absolute Gasteiger partial charge is 0.342 e.